The maximum absolute atomic E-state index is 5.28. The fraction of sp³-hybridized carbons (Fsp3) is 0.0625. The topological polar surface area (TPSA) is 22.1 Å². The zero-order valence-corrected chi connectivity index (χ0v) is 12.4. The summed E-state index contributed by atoms with van der Waals surface area (Å²) in [4.78, 5) is 5.61. The summed E-state index contributed by atoms with van der Waals surface area (Å²) in [6.45, 7) is 0. The minimum Gasteiger partial charge on any atom is -0.497 e. The van der Waals surface area contributed by atoms with E-state index < -0.39 is 0 Å². The molecule has 0 saturated carbocycles. The quantitative estimate of drug-likeness (QED) is 0.508. The second-order valence-electron chi connectivity index (χ2n) is 4.55. The van der Waals surface area contributed by atoms with E-state index in [1.165, 1.54) is 25.2 Å². The van der Waals surface area contributed by atoms with Gasteiger partial charge >= 0.3 is 0 Å². The Morgan fingerprint density at radius 3 is 2.85 bits per heavy atom. The van der Waals surface area contributed by atoms with E-state index in [0.29, 0.717) is 0 Å². The number of aromatic nitrogens is 1. The molecule has 0 aliphatic carbocycles. The average molecular weight is 297 g/mol. The third-order valence-corrected chi connectivity index (χ3v) is 5.28. The Hall–Kier alpha value is -1.91. The summed E-state index contributed by atoms with van der Waals surface area (Å²) in [7, 11) is 1.70. The van der Waals surface area contributed by atoms with Crippen LogP contribution in [0.1, 0.15) is 0 Å². The molecule has 0 saturated heterocycles. The minimum atomic E-state index is 0.906. The molecule has 4 heteroatoms. The first kappa shape index (κ1) is 11.9. The Morgan fingerprint density at radius 1 is 1.00 bits per heavy atom. The van der Waals surface area contributed by atoms with Crippen molar-refractivity contribution in [2.45, 2.75) is 0 Å². The van der Waals surface area contributed by atoms with Crippen LogP contribution in [0.15, 0.2) is 48.0 Å². The number of ether oxygens (including phenoxy) is 1. The summed E-state index contributed by atoms with van der Waals surface area (Å²) in [6.07, 6.45) is 0. The van der Waals surface area contributed by atoms with Crippen molar-refractivity contribution >= 4 is 43.0 Å². The number of hydrogen-bond donors (Lipinski definition) is 0. The summed E-state index contributed by atoms with van der Waals surface area (Å²) >= 11 is 3.48. The highest BCUT2D eigenvalue weighted by Gasteiger charge is 2.07. The number of thiophene rings is 1. The Morgan fingerprint density at radius 2 is 1.95 bits per heavy atom. The van der Waals surface area contributed by atoms with Gasteiger partial charge < -0.3 is 4.74 Å². The van der Waals surface area contributed by atoms with Crippen molar-refractivity contribution in [2.24, 2.45) is 0 Å². The lowest BCUT2D eigenvalue weighted by Gasteiger charge is -1.97. The molecular formula is C16H11NOS2. The van der Waals surface area contributed by atoms with Gasteiger partial charge in [-0.05, 0) is 47.3 Å². The average Bonchev–Trinajstić information content (AvgIpc) is 3.11. The molecule has 2 aromatic carbocycles. The smallest absolute Gasteiger partial charge is 0.120 e. The van der Waals surface area contributed by atoms with Crippen LogP contribution in [0.25, 0.3) is 30.7 Å². The number of fused-ring (bicyclic) bond motifs is 2. The molecule has 4 rings (SSSR count). The number of methoxy groups -OCH3 is 1. The second kappa shape index (κ2) is 4.58. The molecule has 0 amide bonds. The van der Waals surface area contributed by atoms with Gasteiger partial charge in [-0.2, -0.15) is 0 Å². The van der Waals surface area contributed by atoms with Crippen LogP contribution in [-0.2, 0) is 0 Å². The van der Waals surface area contributed by atoms with E-state index in [9.17, 15) is 0 Å². The molecule has 2 nitrogen and oxygen atoms in total. The maximum Gasteiger partial charge on any atom is 0.120 e. The molecule has 0 aliphatic rings. The van der Waals surface area contributed by atoms with Crippen LogP contribution in [0.3, 0.4) is 0 Å². The highest BCUT2D eigenvalue weighted by atomic mass is 32.1. The first-order chi connectivity index (χ1) is 9.83. The normalized spacial score (nSPS) is 11.2. The van der Waals surface area contributed by atoms with Gasteiger partial charge in [0.1, 0.15) is 5.75 Å². The Kier molecular flexibility index (Phi) is 2.72. The fourth-order valence-corrected chi connectivity index (χ4v) is 4.09. The van der Waals surface area contributed by atoms with Crippen molar-refractivity contribution in [3.8, 4) is 16.2 Å². The van der Waals surface area contributed by atoms with Crippen molar-refractivity contribution < 1.29 is 4.74 Å². The van der Waals surface area contributed by atoms with Crippen LogP contribution in [0.5, 0.6) is 5.75 Å². The van der Waals surface area contributed by atoms with Crippen LogP contribution in [0.2, 0.25) is 0 Å². The van der Waals surface area contributed by atoms with Crippen LogP contribution in [0, 0.1) is 0 Å². The van der Waals surface area contributed by atoms with Crippen LogP contribution < -0.4 is 4.74 Å². The summed E-state index contributed by atoms with van der Waals surface area (Å²) < 4.78 is 7.77. The maximum atomic E-state index is 5.28. The van der Waals surface area contributed by atoms with Crippen molar-refractivity contribution in [3.63, 3.8) is 0 Å². The van der Waals surface area contributed by atoms with Gasteiger partial charge in [-0.15, -0.1) is 22.7 Å². The molecule has 20 heavy (non-hydrogen) atoms. The Labute approximate surface area is 124 Å². The van der Waals surface area contributed by atoms with Gasteiger partial charge in [0.2, 0.25) is 0 Å². The van der Waals surface area contributed by atoms with Crippen LogP contribution in [0.4, 0.5) is 0 Å². The second-order valence-corrected chi connectivity index (χ2v) is 6.52. The molecule has 0 N–H and O–H groups in total. The third kappa shape index (κ3) is 1.88. The lowest BCUT2D eigenvalue weighted by Crippen LogP contribution is -1.79. The molecular weight excluding hydrogens is 286 g/mol. The van der Waals surface area contributed by atoms with Crippen molar-refractivity contribution in [2.75, 3.05) is 7.11 Å². The summed E-state index contributed by atoms with van der Waals surface area (Å²) in [6, 6.07) is 14.9. The van der Waals surface area contributed by atoms with E-state index in [1.54, 1.807) is 29.8 Å². The lowest BCUT2D eigenvalue weighted by molar-refractivity contribution is 0.415. The van der Waals surface area contributed by atoms with E-state index in [-0.39, 0.29) is 0 Å². The molecule has 0 aliphatic heterocycles. The molecule has 0 spiro atoms. The predicted octanol–water partition coefficient (Wildman–Crippen LogP) is 5.19. The number of hydrogen-bond acceptors (Lipinski definition) is 4. The van der Waals surface area contributed by atoms with Gasteiger partial charge in [-0.1, -0.05) is 6.07 Å². The molecule has 4 aromatic rings. The molecule has 2 heterocycles. The standard InChI is InChI=1S/C16H11NOS2/c1-18-12-4-2-10-6-14(20-15(10)8-12)11-3-5-13-16(7-11)19-9-17-13/h2-9H,1H3. The molecule has 0 atom stereocenters. The molecule has 0 bridgehead atoms. The molecule has 0 unspecified atom stereocenters. The van der Waals surface area contributed by atoms with Gasteiger partial charge in [0.05, 0.1) is 22.8 Å². The first-order valence-corrected chi connectivity index (χ1v) is 7.94. The Bertz CT molecular complexity index is 907. The number of benzene rings is 2. The number of nitrogens with zero attached hydrogens (tertiary/aromatic N) is 1. The summed E-state index contributed by atoms with van der Waals surface area (Å²) in [5.41, 5.74) is 4.22. The molecule has 0 radical (unpaired) electrons. The SMILES string of the molecule is COc1ccc2cc(-c3ccc4ncsc4c3)sc2c1. The van der Waals surface area contributed by atoms with E-state index in [1.807, 2.05) is 11.6 Å². The van der Waals surface area contributed by atoms with E-state index in [0.717, 1.165) is 11.3 Å². The third-order valence-electron chi connectivity index (χ3n) is 3.34. The molecule has 98 valence electrons. The first-order valence-electron chi connectivity index (χ1n) is 6.25. The largest absolute Gasteiger partial charge is 0.497 e. The van der Waals surface area contributed by atoms with Gasteiger partial charge in [0, 0.05) is 9.58 Å². The van der Waals surface area contributed by atoms with Gasteiger partial charge in [-0.3, -0.25) is 0 Å². The monoisotopic (exact) mass is 297 g/mol. The summed E-state index contributed by atoms with van der Waals surface area (Å²) in [5, 5.41) is 1.26. The zero-order chi connectivity index (χ0) is 13.5. The van der Waals surface area contributed by atoms with Gasteiger partial charge in [0.25, 0.3) is 0 Å². The van der Waals surface area contributed by atoms with Crippen molar-refractivity contribution in [1.29, 1.82) is 0 Å². The van der Waals surface area contributed by atoms with E-state index in [2.05, 4.69) is 41.4 Å². The van der Waals surface area contributed by atoms with Crippen LogP contribution >= 0.6 is 22.7 Å². The van der Waals surface area contributed by atoms with Crippen molar-refractivity contribution in [1.82, 2.24) is 4.98 Å². The van der Waals surface area contributed by atoms with Gasteiger partial charge in [0.15, 0.2) is 0 Å². The highest BCUT2D eigenvalue weighted by molar-refractivity contribution is 7.22. The Balaban J connectivity index is 1.87. The lowest BCUT2D eigenvalue weighted by atomic mass is 10.1. The number of rotatable bonds is 2. The van der Waals surface area contributed by atoms with Crippen molar-refractivity contribution in [3.05, 3.63) is 48.0 Å². The number of thiazole rings is 1. The van der Waals surface area contributed by atoms with E-state index >= 15 is 0 Å². The highest BCUT2D eigenvalue weighted by Crippen LogP contribution is 2.36. The molecule has 0 fully saturated rings. The van der Waals surface area contributed by atoms with Gasteiger partial charge in [-0.25, -0.2) is 4.98 Å². The zero-order valence-electron chi connectivity index (χ0n) is 10.8. The predicted molar refractivity (Wildman–Crippen MR) is 87.0 cm³/mol. The van der Waals surface area contributed by atoms with Crippen LogP contribution in [-0.4, -0.2) is 12.1 Å². The minimum absolute atomic E-state index is 0.906. The molecule has 2 aromatic heterocycles. The fourth-order valence-electron chi connectivity index (χ4n) is 2.29. The van der Waals surface area contributed by atoms with E-state index in [4.69, 9.17) is 4.74 Å². The summed E-state index contributed by atoms with van der Waals surface area (Å²) in [5.74, 6) is 0.906.